The number of nitrogens with one attached hydrogen (secondary N) is 1. The Hall–Kier alpha value is -2.37. The maximum Gasteiger partial charge on any atom is 0.349 e. The highest BCUT2D eigenvalue weighted by atomic mass is 35.5. The van der Waals surface area contributed by atoms with E-state index in [1.165, 1.54) is 0 Å². The molecule has 3 aromatic rings. The molecule has 3 rings (SSSR count). The SMILES string of the molecule is O=c1cnn(-c2ccc(C(Cl)Cc3ccc(Cl)cc3)cc2)c(=O)[nH]1. The van der Waals surface area contributed by atoms with Crippen LogP contribution < -0.4 is 11.2 Å². The van der Waals surface area contributed by atoms with Gasteiger partial charge < -0.3 is 0 Å². The lowest BCUT2D eigenvalue weighted by Crippen LogP contribution is -2.30. The molecule has 24 heavy (non-hydrogen) atoms. The Kier molecular flexibility index (Phi) is 4.83. The molecule has 122 valence electrons. The molecule has 0 fully saturated rings. The number of aromatic amines is 1. The monoisotopic (exact) mass is 361 g/mol. The molecule has 0 radical (unpaired) electrons. The molecule has 0 aliphatic rings. The molecule has 7 heteroatoms. The third-order valence-corrected chi connectivity index (χ3v) is 4.20. The van der Waals surface area contributed by atoms with Gasteiger partial charge in [0, 0.05) is 5.02 Å². The minimum absolute atomic E-state index is 0.208. The molecular weight excluding hydrogens is 349 g/mol. The third-order valence-electron chi connectivity index (χ3n) is 3.54. The number of hydrogen-bond donors (Lipinski definition) is 1. The summed E-state index contributed by atoms with van der Waals surface area (Å²) < 4.78 is 1.12. The highest BCUT2D eigenvalue weighted by Crippen LogP contribution is 2.26. The van der Waals surface area contributed by atoms with Gasteiger partial charge in [0.2, 0.25) is 0 Å². The van der Waals surface area contributed by atoms with Gasteiger partial charge in [-0.15, -0.1) is 11.6 Å². The molecular formula is C17H13Cl2N3O2. The van der Waals surface area contributed by atoms with Gasteiger partial charge in [0.15, 0.2) is 0 Å². The normalized spacial score (nSPS) is 12.1. The van der Waals surface area contributed by atoms with E-state index in [9.17, 15) is 9.59 Å². The number of rotatable bonds is 4. The van der Waals surface area contributed by atoms with Crippen molar-refractivity contribution in [1.82, 2.24) is 14.8 Å². The van der Waals surface area contributed by atoms with Crippen molar-refractivity contribution < 1.29 is 0 Å². The van der Waals surface area contributed by atoms with Crippen molar-refractivity contribution in [3.05, 3.63) is 91.7 Å². The van der Waals surface area contributed by atoms with Gasteiger partial charge in [-0.1, -0.05) is 35.9 Å². The highest BCUT2D eigenvalue weighted by molar-refractivity contribution is 6.30. The van der Waals surface area contributed by atoms with E-state index in [2.05, 4.69) is 10.1 Å². The smallest absolute Gasteiger partial charge is 0.271 e. The summed E-state index contributed by atoms with van der Waals surface area (Å²) in [6.45, 7) is 0. The van der Waals surface area contributed by atoms with Crippen LogP contribution in [0, 0.1) is 0 Å². The highest BCUT2D eigenvalue weighted by Gasteiger charge is 2.10. The van der Waals surface area contributed by atoms with Crippen molar-refractivity contribution in [2.24, 2.45) is 0 Å². The van der Waals surface area contributed by atoms with Crippen molar-refractivity contribution >= 4 is 23.2 Å². The van der Waals surface area contributed by atoms with Crippen molar-refractivity contribution in [2.75, 3.05) is 0 Å². The first-order chi connectivity index (χ1) is 11.5. The van der Waals surface area contributed by atoms with Gasteiger partial charge in [-0.2, -0.15) is 9.78 Å². The number of hydrogen-bond acceptors (Lipinski definition) is 3. The largest absolute Gasteiger partial charge is 0.349 e. The second kappa shape index (κ2) is 7.03. The lowest BCUT2D eigenvalue weighted by Gasteiger charge is -2.11. The van der Waals surface area contributed by atoms with Gasteiger partial charge >= 0.3 is 5.69 Å². The van der Waals surface area contributed by atoms with Crippen LogP contribution in [0.1, 0.15) is 16.5 Å². The molecule has 0 saturated carbocycles. The predicted octanol–water partition coefficient (Wildman–Crippen LogP) is 3.10. The Balaban J connectivity index is 1.79. The quantitative estimate of drug-likeness (QED) is 0.726. The van der Waals surface area contributed by atoms with Crippen molar-refractivity contribution in [1.29, 1.82) is 0 Å². The van der Waals surface area contributed by atoms with Crippen LogP contribution in [-0.4, -0.2) is 14.8 Å². The van der Waals surface area contributed by atoms with Gasteiger partial charge in [-0.3, -0.25) is 9.78 Å². The minimum Gasteiger partial charge on any atom is -0.271 e. The summed E-state index contributed by atoms with van der Waals surface area (Å²) >= 11 is 12.3. The van der Waals surface area contributed by atoms with Crippen LogP contribution in [-0.2, 0) is 6.42 Å². The molecule has 0 bridgehead atoms. The average Bonchev–Trinajstić information content (AvgIpc) is 2.57. The van der Waals surface area contributed by atoms with Crippen LogP contribution in [0.5, 0.6) is 0 Å². The number of aromatic nitrogens is 3. The molecule has 1 unspecified atom stereocenters. The first-order valence-corrected chi connectivity index (χ1v) is 8.02. The van der Waals surface area contributed by atoms with E-state index in [1.54, 1.807) is 12.1 Å². The van der Waals surface area contributed by atoms with Crippen LogP contribution in [0.2, 0.25) is 5.02 Å². The van der Waals surface area contributed by atoms with Crippen LogP contribution >= 0.6 is 23.2 Å². The summed E-state index contributed by atoms with van der Waals surface area (Å²) in [5.41, 5.74) is 1.45. The molecule has 1 heterocycles. The fourth-order valence-electron chi connectivity index (χ4n) is 2.31. The summed E-state index contributed by atoms with van der Waals surface area (Å²) in [5, 5.41) is 4.29. The molecule has 1 N–H and O–H groups in total. The van der Waals surface area contributed by atoms with Crippen LogP contribution in [0.25, 0.3) is 5.69 Å². The minimum atomic E-state index is -0.584. The lowest BCUT2D eigenvalue weighted by molar-refractivity contribution is 0.749. The molecule has 5 nitrogen and oxygen atoms in total. The number of nitrogens with zero attached hydrogens (tertiary/aromatic N) is 2. The Morgan fingerprint density at radius 2 is 1.71 bits per heavy atom. The molecule has 0 aliphatic heterocycles. The summed E-state index contributed by atoms with van der Waals surface area (Å²) in [5.74, 6) is 0. The first-order valence-electron chi connectivity index (χ1n) is 7.20. The van der Waals surface area contributed by atoms with E-state index >= 15 is 0 Å². The number of H-pyrrole nitrogens is 1. The number of halogens is 2. The molecule has 0 saturated heterocycles. The Morgan fingerprint density at radius 1 is 1.04 bits per heavy atom. The summed E-state index contributed by atoms with van der Waals surface area (Å²) in [4.78, 5) is 25.0. The lowest BCUT2D eigenvalue weighted by atomic mass is 10.0. The van der Waals surface area contributed by atoms with E-state index in [0.29, 0.717) is 17.1 Å². The second-order valence-corrected chi connectivity index (χ2v) is 6.20. The van der Waals surface area contributed by atoms with Crippen LogP contribution in [0.3, 0.4) is 0 Å². The summed E-state index contributed by atoms with van der Waals surface area (Å²) in [6.07, 6.45) is 1.72. The molecule has 0 amide bonds. The van der Waals surface area contributed by atoms with Crippen molar-refractivity contribution in [2.45, 2.75) is 11.8 Å². The summed E-state index contributed by atoms with van der Waals surface area (Å²) in [6, 6.07) is 14.7. The van der Waals surface area contributed by atoms with E-state index in [0.717, 1.165) is 22.0 Å². The Morgan fingerprint density at radius 3 is 2.33 bits per heavy atom. The molecule has 1 atom stereocenters. The van der Waals surface area contributed by atoms with Gasteiger partial charge in [0.05, 0.1) is 11.1 Å². The standard InChI is InChI=1S/C17H13Cl2N3O2/c18-13-5-1-11(2-6-13)9-15(19)12-3-7-14(8-4-12)22-17(24)21-16(23)10-20-22/h1-8,10,15H,9H2,(H,21,23,24). The second-order valence-electron chi connectivity index (χ2n) is 5.24. The fourth-order valence-corrected chi connectivity index (χ4v) is 2.76. The fraction of sp³-hybridized carbons (Fsp3) is 0.118. The van der Waals surface area contributed by atoms with Crippen LogP contribution in [0.4, 0.5) is 0 Å². The predicted molar refractivity (Wildman–Crippen MR) is 94.2 cm³/mol. The maximum absolute atomic E-state index is 11.7. The molecule has 1 aromatic heterocycles. The van der Waals surface area contributed by atoms with E-state index < -0.39 is 11.2 Å². The van der Waals surface area contributed by atoms with E-state index in [-0.39, 0.29) is 5.38 Å². The molecule has 0 spiro atoms. The van der Waals surface area contributed by atoms with Gasteiger partial charge in [-0.05, 0) is 41.8 Å². The molecule has 2 aromatic carbocycles. The Labute approximate surface area is 147 Å². The zero-order valence-electron chi connectivity index (χ0n) is 12.4. The van der Waals surface area contributed by atoms with Gasteiger partial charge in [0.1, 0.15) is 6.20 Å². The van der Waals surface area contributed by atoms with Crippen LogP contribution in [0.15, 0.2) is 64.3 Å². The number of alkyl halides is 1. The topological polar surface area (TPSA) is 67.8 Å². The molecule has 0 aliphatic carbocycles. The zero-order valence-corrected chi connectivity index (χ0v) is 14.0. The first kappa shape index (κ1) is 16.5. The Bertz CT molecular complexity index is 947. The summed E-state index contributed by atoms with van der Waals surface area (Å²) in [7, 11) is 0. The average molecular weight is 362 g/mol. The van der Waals surface area contributed by atoms with E-state index in [4.69, 9.17) is 23.2 Å². The third kappa shape index (κ3) is 3.75. The number of benzene rings is 2. The maximum atomic E-state index is 11.7. The van der Waals surface area contributed by atoms with Crippen molar-refractivity contribution in [3.63, 3.8) is 0 Å². The zero-order chi connectivity index (χ0) is 17.1. The van der Waals surface area contributed by atoms with Crippen molar-refractivity contribution in [3.8, 4) is 5.69 Å². The van der Waals surface area contributed by atoms with E-state index in [1.807, 2.05) is 36.4 Å². The van der Waals surface area contributed by atoms with Gasteiger partial charge in [0.25, 0.3) is 5.56 Å². The van der Waals surface area contributed by atoms with Gasteiger partial charge in [-0.25, -0.2) is 4.79 Å².